The van der Waals surface area contributed by atoms with E-state index < -0.39 is 0 Å². The Hall–Kier alpha value is -1.26. The second-order valence-electron chi connectivity index (χ2n) is 4.03. The number of nitrogens with two attached hydrogens (primary N) is 1. The molecule has 1 aromatic carbocycles. The number of hydrogen-bond acceptors (Lipinski definition) is 3. The van der Waals surface area contributed by atoms with Crippen LogP contribution in [-0.4, -0.2) is 29.5 Å². The van der Waals surface area contributed by atoms with Crippen molar-refractivity contribution < 1.29 is 5.21 Å². The van der Waals surface area contributed by atoms with E-state index in [0.717, 1.165) is 25.1 Å². The van der Waals surface area contributed by atoms with E-state index in [9.17, 15) is 0 Å². The summed E-state index contributed by atoms with van der Waals surface area (Å²) in [4.78, 5) is 2.20. The quantitative estimate of drug-likeness (QED) is 0.367. The van der Waals surface area contributed by atoms with Crippen LogP contribution in [0.5, 0.6) is 0 Å². The van der Waals surface area contributed by atoms with Crippen LogP contribution < -0.4 is 5.73 Å². The minimum Gasteiger partial charge on any atom is -0.409 e. The zero-order chi connectivity index (χ0) is 12.8. The molecule has 0 radical (unpaired) electrons. The maximum atomic E-state index is 8.58. The largest absolute Gasteiger partial charge is 0.409 e. The number of nitrogens with zero attached hydrogens (tertiary/aromatic N) is 2. The first-order chi connectivity index (χ1) is 8.08. The van der Waals surface area contributed by atoms with Gasteiger partial charge < -0.3 is 15.8 Å². The molecular formula is C12H18ClN3O. The predicted octanol–water partition coefficient (Wildman–Crippen LogP) is 2.28. The zero-order valence-corrected chi connectivity index (χ0v) is 10.9. The molecule has 0 amide bonds. The van der Waals surface area contributed by atoms with E-state index in [4.69, 9.17) is 22.5 Å². The molecule has 17 heavy (non-hydrogen) atoms. The van der Waals surface area contributed by atoms with Gasteiger partial charge >= 0.3 is 0 Å². The molecule has 1 aromatic rings. The average molecular weight is 256 g/mol. The van der Waals surface area contributed by atoms with E-state index in [1.54, 1.807) is 12.1 Å². The van der Waals surface area contributed by atoms with E-state index >= 15 is 0 Å². The number of amidine groups is 1. The molecule has 3 N–H and O–H groups in total. The van der Waals surface area contributed by atoms with Gasteiger partial charge in [0.2, 0.25) is 0 Å². The molecule has 1 rings (SSSR count). The van der Waals surface area contributed by atoms with Crippen molar-refractivity contribution in [1.82, 2.24) is 4.90 Å². The van der Waals surface area contributed by atoms with Crippen molar-refractivity contribution in [2.24, 2.45) is 10.9 Å². The summed E-state index contributed by atoms with van der Waals surface area (Å²) in [5, 5.41) is 12.2. The fourth-order valence-electron chi connectivity index (χ4n) is 1.64. The van der Waals surface area contributed by atoms with Crippen LogP contribution in [-0.2, 0) is 6.54 Å². The summed E-state index contributed by atoms with van der Waals surface area (Å²) in [5.41, 5.74) is 7.16. The highest BCUT2D eigenvalue weighted by atomic mass is 35.5. The van der Waals surface area contributed by atoms with Crippen molar-refractivity contribution in [2.45, 2.75) is 19.9 Å². The highest BCUT2D eigenvalue weighted by molar-refractivity contribution is 6.31. The van der Waals surface area contributed by atoms with E-state index in [2.05, 4.69) is 24.0 Å². The third-order valence-electron chi connectivity index (χ3n) is 2.50. The van der Waals surface area contributed by atoms with Crippen molar-refractivity contribution in [1.29, 1.82) is 0 Å². The van der Waals surface area contributed by atoms with Gasteiger partial charge in [-0.1, -0.05) is 35.8 Å². The third-order valence-corrected chi connectivity index (χ3v) is 2.85. The molecule has 0 aliphatic carbocycles. The first kappa shape index (κ1) is 13.8. The maximum Gasteiger partial charge on any atom is 0.170 e. The highest BCUT2D eigenvalue weighted by Gasteiger charge is 2.07. The molecule has 0 aliphatic rings. The zero-order valence-electron chi connectivity index (χ0n) is 10.2. The molecule has 4 nitrogen and oxygen atoms in total. The molecule has 0 spiro atoms. The van der Waals surface area contributed by atoms with Crippen LogP contribution in [0.4, 0.5) is 0 Å². The second kappa shape index (κ2) is 6.47. The van der Waals surface area contributed by atoms with Crippen molar-refractivity contribution >= 4 is 17.4 Å². The van der Waals surface area contributed by atoms with Crippen molar-refractivity contribution in [2.75, 3.05) is 13.6 Å². The molecule has 0 saturated heterocycles. The summed E-state index contributed by atoms with van der Waals surface area (Å²) in [7, 11) is 2.05. The standard InChI is InChI=1S/C12H18ClN3O/c1-3-6-16(2)8-10-5-4-9(7-11(10)13)12(14)15-17/h4-5,7,17H,3,6,8H2,1-2H3,(H2,14,15). The van der Waals surface area contributed by atoms with Crippen LogP contribution >= 0.6 is 11.6 Å². The minimum absolute atomic E-state index is 0.0698. The molecule has 0 bridgehead atoms. The number of rotatable bonds is 5. The number of benzene rings is 1. The van der Waals surface area contributed by atoms with Crippen molar-refractivity contribution in [3.05, 3.63) is 34.3 Å². The first-order valence-corrected chi connectivity index (χ1v) is 5.91. The Labute approximate surface area is 107 Å². The molecule has 0 heterocycles. The molecule has 0 unspecified atom stereocenters. The topological polar surface area (TPSA) is 61.8 Å². The molecule has 94 valence electrons. The van der Waals surface area contributed by atoms with Gasteiger partial charge in [0.25, 0.3) is 0 Å². The van der Waals surface area contributed by atoms with Gasteiger partial charge in [-0.3, -0.25) is 0 Å². The lowest BCUT2D eigenvalue weighted by Gasteiger charge is -2.16. The van der Waals surface area contributed by atoms with Crippen LogP contribution in [0.3, 0.4) is 0 Å². The van der Waals surface area contributed by atoms with Gasteiger partial charge in [0.1, 0.15) is 0 Å². The monoisotopic (exact) mass is 255 g/mol. The van der Waals surface area contributed by atoms with Gasteiger partial charge in [0.15, 0.2) is 5.84 Å². The van der Waals surface area contributed by atoms with Gasteiger partial charge in [-0.15, -0.1) is 0 Å². The third kappa shape index (κ3) is 3.91. The SMILES string of the molecule is CCCN(C)Cc1ccc(/C(N)=N/O)cc1Cl. The van der Waals surface area contributed by atoms with Crippen LogP contribution in [0.15, 0.2) is 23.4 Å². The fourth-order valence-corrected chi connectivity index (χ4v) is 1.88. The molecule has 0 fully saturated rings. The molecule has 0 aromatic heterocycles. The number of hydrogen-bond donors (Lipinski definition) is 2. The summed E-state index contributed by atoms with van der Waals surface area (Å²) >= 11 is 6.16. The number of oxime groups is 1. The van der Waals surface area contributed by atoms with Crippen LogP contribution in [0.25, 0.3) is 0 Å². The Morgan fingerprint density at radius 3 is 2.76 bits per heavy atom. The Kier molecular flexibility index (Phi) is 5.25. The lowest BCUT2D eigenvalue weighted by molar-refractivity contribution is 0.318. The summed E-state index contributed by atoms with van der Waals surface area (Å²) in [6.07, 6.45) is 1.11. The Bertz CT molecular complexity index is 407. The van der Waals surface area contributed by atoms with Gasteiger partial charge in [-0.05, 0) is 31.6 Å². The van der Waals surface area contributed by atoms with Gasteiger partial charge in [0.05, 0.1) is 0 Å². The highest BCUT2D eigenvalue weighted by Crippen LogP contribution is 2.19. The van der Waals surface area contributed by atoms with Gasteiger partial charge in [-0.25, -0.2) is 0 Å². The van der Waals surface area contributed by atoms with E-state index in [0.29, 0.717) is 10.6 Å². The molecule has 0 atom stereocenters. The number of halogens is 1. The fraction of sp³-hybridized carbons (Fsp3) is 0.417. The molecule has 0 saturated carbocycles. The summed E-state index contributed by atoms with van der Waals surface area (Å²) in [6.45, 7) is 3.96. The lowest BCUT2D eigenvalue weighted by atomic mass is 10.1. The first-order valence-electron chi connectivity index (χ1n) is 5.53. The smallest absolute Gasteiger partial charge is 0.170 e. The predicted molar refractivity (Wildman–Crippen MR) is 70.6 cm³/mol. The molecule has 5 heteroatoms. The summed E-state index contributed by atoms with van der Waals surface area (Å²) in [5.74, 6) is 0.0698. The van der Waals surface area contributed by atoms with E-state index in [-0.39, 0.29) is 5.84 Å². The van der Waals surface area contributed by atoms with Crippen LogP contribution in [0.1, 0.15) is 24.5 Å². The maximum absolute atomic E-state index is 8.58. The van der Waals surface area contributed by atoms with Crippen molar-refractivity contribution in [3.63, 3.8) is 0 Å². The average Bonchev–Trinajstić information content (AvgIpc) is 2.31. The van der Waals surface area contributed by atoms with Crippen LogP contribution in [0, 0.1) is 0 Å². The van der Waals surface area contributed by atoms with Crippen molar-refractivity contribution in [3.8, 4) is 0 Å². The van der Waals surface area contributed by atoms with Gasteiger partial charge in [0, 0.05) is 17.1 Å². The van der Waals surface area contributed by atoms with E-state index in [1.165, 1.54) is 0 Å². The normalized spacial score (nSPS) is 12.1. The van der Waals surface area contributed by atoms with Gasteiger partial charge in [-0.2, -0.15) is 0 Å². The summed E-state index contributed by atoms with van der Waals surface area (Å²) < 4.78 is 0. The molecular weight excluding hydrogens is 238 g/mol. The van der Waals surface area contributed by atoms with Crippen LogP contribution in [0.2, 0.25) is 5.02 Å². The Morgan fingerprint density at radius 1 is 1.53 bits per heavy atom. The second-order valence-corrected chi connectivity index (χ2v) is 4.44. The lowest BCUT2D eigenvalue weighted by Crippen LogP contribution is -2.19. The van der Waals surface area contributed by atoms with E-state index in [1.807, 2.05) is 6.07 Å². The Balaban J connectivity index is 2.83. The Morgan fingerprint density at radius 2 is 2.24 bits per heavy atom. The summed E-state index contributed by atoms with van der Waals surface area (Å²) in [6, 6.07) is 5.42. The minimum atomic E-state index is 0.0698. The molecule has 0 aliphatic heterocycles.